The first kappa shape index (κ1) is 22.5. The van der Waals surface area contributed by atoms with Crippen molar-refractivity contribution in [3.63, 3.8) is 0 Å². The number of nitrogens with zero attached hydrogens (tertiary/aromatic N) is 5. The van der Waals surface area contributed by atoms with E-state index in [1.165, 1.54) is 24.5 Å². The number of aromatic nitrogens is 5. The van der Waals surface area contributed by atoms with Crippen LogP contribution < -0.4 is 10.6 Å². The molecule has 0 amide bonds. The summed E-state index contributed by atoms with van der Waals surface area (Å²) in [6.45, 7) is 4.07. The van der Waals surface area contributed by atoms with Crippen LogP contribution in [0.4, 0.5) is 23.4 Å². The lowest BCUT2D eigenvalue weighted by Crippen LogP contribution is -2.50. The average molecular weight is 477 g/mol. The molecule has 0 saturated carbocycles. The highest BCUT2D eigenvalue weighted by Gasteiger charge is 2.40. The summed E-state index contributed by atoms with van der Waals surface area (Å²) in [5.74, 6) is -0.542. The van der Waals surface area contributed by atoms with E-state index in [-0.39, 0.29) is 39.6 Å². The van der Waals surface area contributed by atoms with Gasteiger partial charge in [0.1, 0.15) is 29.5 Å². The monoisotopic (exact) mass is 477 g/mol. The summed E-state index contributed by atoms with van der Waals surface area (Å²) in [6, 6.07) is 3.91. The Hall–Kier alpha value is -3.25. The second-order valence-electron chi connectivity index (χ2n) is 9.05. The minimum Gasteiger partial charge on any atom is -0.374 e. The van der Waals surface area contributed by atoms with Crippen molar-refractivity contribution in [3.05, 3.63) is 42.1 Å². The largest absolute Gasteiger partial charge is 0.434 e. The number of benzene rings is 1. The quantitative estimate of drug-likeness (QED) is 0.388. The maximum absolute atomic E-state index is 14.5. The molecule has 12 heteroatoms. The van der Waals surface area contributed by atoms with Gasteiger partial charge in [-0.1, -0.05) is 12.1 Å². The number of piperidine rings is 1. The zero-order chi connectivity index (χ0) is 24.3. The fraction of sp³-hybridized carbons (Fsp3) is 0.409. The molecule has 3 aromatic heterocycles. The summed E-state index contributed by atoms with van der Waals surface area (Å²) >= 11 is 0. The highest BCUT2D eigenvalue weighted by atomic mass is 19.4. The van der Waals surface area contributed by atoms with Crippen LogP contribution >= 0.6 is 0 Å². The Kier molecular flexibility index (Phi) is 5.24. The van der Waals surface area contributed by atoms with E-state index in [9.17, 15) is 22.7 Å². The molecule has 1 aliphatic rings. The Bertz CT molecular complexity index is 1370. The van der Waals surface area contributed by atoms with Gasteiger partial charge < -0.3 is 15.7 Å². The smallest absolute Gasteiger partial charge is 0.374 e. The van der Waals surface area contributed by atoms with Crippen LogP contribution in [-0.2, 0) is 12.9 Å². The van der Waals surface area contributed by atoms with E-state index in [1.54, 1.807) is 0 Å². The molecule has 0 radical (unpaired) electrons. The number of fused-ring (bicyclic) bond motifs is 2. The predicted octanol–water partition coefficient (Wildman–Crippen LogP) is 3.80. The third-order valence-corrected chi connectivity index (χ3v) is 6.17. The predicted molar refractivity (Wildman–Crippen MR) is 118 cm³/mol. The van der Waals surface area contributed by atoms with Crippen LogP contribution in [0.2, 0.25) is 0 Å². The molecule has 1 aliphatic heterocycles. The van der Waals surface area contributed by atoms with Gasteiger partial charge in [-0.15, -0.1) is 0 Å². The molecule has 34 heavy (non-hydrogen) atoms. The van der Waals surface area contributed by atoms with Crippen LogP contribution in [0.15, 0.2) is 30.6 Å². The maximum atomic E-state index is 14.5. The second-order valence-corrected chi connectivity index (χ2v) is 9.05. The van der Waals surface area contributed by atoms with Gasteiger partial charge in [0.15, 0.2) is 17.2 Å². The Morgan fingerprint density at radius 3 is 2.74 bits per heavy atom. The van der Waals surface area contributed by atoms with Crippen LogP contribution in [0.25, 0.3) is 27.9 Å². The van der Waals surface area contributed by atoms with Gasteiger partial charge in [0, 0.05) is 35.9 Å². The van der Waals surface area contributed by atoms with E-state index >= 15 is 0 Å². The molecular formula is C22H23F4N7O. The van der Waals surface area contributed by atoms with Crippen molar-refractivity contribution in [2.75, 3.05) is 11.9 Å². The molecule has 4 aromatic rings. The number of imidazole rings is 1. The Morgan fingerprint density at radius 1 is 1.26 bits per heavy atom. The number of halogens is 4. The van der Waals surface area contributed by atoms with Crippen molar-refractivity contribution in [2.24, 2.45) is 0 Å². The molecule has 4 heterocycles. The minimum absolute atomic E-state index is 0.0259. The molecule has 1 fully saturated rings. The number of hydrogen-bond acceptors (Lipinski definition) is 6. The second kappa shape index (κ2) is 7.91. The molecule has 0 unspecified atom stereocenters. The van der Waals surface area contributed by atoms with Gasteiger partial charge in [-0.3, -0.25) is 4.40 Å². The lowest BCUT2D eigenvalue weighted by atomic mass is 9.91. The van der Waals surface area contributed by atoms with Gasteiger partial charge in [0.25, 0.3) is 0 Å². The fourth-order valence-corrected chi connectivity index (χ4v) is 4.43. The molecule has 1 saturated heterocycles. The lowest BCUT2D eigenvalue weighted by molar-refractivity contribution is -0.141. The zero-order valence-corrected chi connectivity index (χ0v) is 18.5. The number of aliphatic hydroxyl groups is 1. The maximum Gasteiger partial charge on any atom is 0.434 e. The van der Waals surface area contributed by atoms with Gasteiger partial charge in [0.2, 0.25) is 0 Å². The van der Waals surface area contributed by atoms with Crippen LogP contribution in [0.3, 0.4) is 0 Å². The van der Waals surface area contributed by atoms with E-state index in [0.717, 1.165) is 28.0 Å². The number of hydrogen-bond donors (Lipinski definition) is 3. The zero-order valence-electron chi connectivity index (χ0n) is 18.5. The van der Waals surface area contributed by atoms with Crippen LogP contribution in [0.5, 0.6) is 0 Å². The number of alkyl halides is 3. The van der Waals surface area contributed by atoms with E-state index < -0.39 is 30.1 Å². The molecule has 5 rings (SSSR count). The average Bonchev–Trinajstić information content (AvgIpc) is 3.39. The van der Waals surface area contributed by atoms with Crippen LogP contribution in [0, 0.1) is 5.82 Å². The molecule has 8 nitrogen and oxygen atoms in total. The number of nitrogens with one attached hydrogen (secondary N) is 2. The van der Waals surface area contributed by atoms with Crippen molar-refractivity contribution in [3.8, 4) is 11.4 Å². The number of anilines is 1. The van der Waals surface area contributed by atoms with E-state index in [4.69, 9.17) is 0 Å². The first-order valence-electron chi connectivity index (χ1n) is 10.8. The Morgan fingerprint density at radius 2 is 2.06 bits per heavy atom. The van der Waals surface area contributed by atoms with Gasteiger partial charge in [-0.25, -0.2) is 19.0 Å². The lowest BCUT2D eigenvalue weighted by Gasteiger charge is -2.36. The molecular weight excluding hydrogens is 454 g/mol. The molecule has 0 spiro atoms. The van der Waals surface area contributed by atoms with Crippen LogP contribution in [0.1, 0.15) is 32.4 Å². The van der Waals surface area contributed by atoms with Crippen molar-refractivity contribution in [2.45, 2.75) is 51.2 Å². The Labute approximate surface area is 191 Å². The molecule has 1 aromatic carbocycles. The van der Waals surface area contributed by atoms with E-state index in [2.05, 4.69) is 39.5 Å². The summed E-state index contributed by atoms with van der Waals surface area (Å²) in [5.41, 5.74) is -1.85. The highest BCUT2D eigenvalue weighted by Crippen LogP contribution is 2.40. The SMILES string of the molecule is CC1(C)CC[C@H](Nc2nc(-c3nn(CO)c4c(F)cccc34)c(C(F)(F)F)n3ccnc23)CN1. The van der Waals surface area contributed by atoms with Gasteiger partial charge in [-0.05, 0) is 32.8 Å². The fourth-order valence-electron chi connectivity index (χ4n) is 4.43. The van der Waals surface area contributed by atoms with E-state index in [1.807, 2.05) is 0 Å². The summed E-state index contributed by atoms with van der Waals surface area (Å²) in [4.78, 5) is 8.46. The van der Waals surface area contributed by atoms with Gasteiger partial charge >= 0.3 is 6.18 Å². The number of para-hydroxylation sites is 1. The van der Waals surface area contributed by atoms with E-state index in [0.29, 0.717) is 6.54 Å². The molecule has 0 bridgehead atoms. The third kappa shape index (κ3) is 3.76. The first-order valence-corrected chi connectivity index (χ1v) is 10.8. The van der Waals surface area contributed by atoms with Gasteiger partial charge in [-0.2, -0.15) is 18.3 Å². The molecule has 1 atom stereocenters. The number of aliphatic hydroxyl groups excluding tert-OH is 1. The summed E-state index contributed by atoms with van der Waals surface area (Å²) in [5, 5.41) is 20.5. The third-order valence-electron chi connectivity index (χ3n) is 6.17. The summed E-state index contributed by atoms with van der Waals surface area (Å²) in [6.07, 6.45) is -0.666. The van der Waals surface area contributed by atoms with Crippen molar-refractivity contribution < 1.29 is 22.7 Å². The minimum atomic E-state index is -4.81. The summed E-state index contributed by atoms with van der Waals surface area (Å²) < 4.78 is 59.3. The van der Waals surface area contributed by atoms with Gasteiger partial charge in [0.05, 0.1) is 0 Å². The first-order chi connectivity index (χ1) is 16.1. The normalized spacial score (nSPS) is 18.6. The van der Waals surface area contributed by atoms with Crippen molar-refractivity contribution in [1.82, 2.24) is 29.5 Å². The standard InChI is InChI=1S/C22H23F4N7O/c1-21(2)7-6-12(10-28-21)29-19-20-27-8-9-32(20)18(22(24,25)26)16(30-19)15-13-4-3-5-14(23)17(13)33(11-34)31-15/h3-5,8-9,12,28,34H,6-7,10-11H2,1-2H3,(H,29,30)/t12-/m0/s1. The molecule has 180 valence electrons. The molecule has 0 aliphatic carbocycles. The van der Waals surface area contributed by atoms with Crippen LogP contribution in [-0.4, -0.2) is 47.4 Å². The Balaban J connectivity index is 1.72. The molecule has 3 N–H and O–H groups in total. The topological polar surface area (TPSA) is 92.3 Å². The summed E-state index contributed by atoms with van der Waals surface area (Å²) in [7, 11) is 0. The number of rotatable bonds is 4. The van der Waals surface area contributed by atoms with Crippen molar-refractivity contribution in [1.29, 1.82) is 0 Å². The van der Waals surface area contributed by atoms with Crippen molar-refractivity contribution >= 4 is 22.4 Å². The highest BCUT2D eigenvalue weighted by molar-refractivity contribution is 5.94.